The summed E-state index contributed by atoms with van der Waals surface area (Å²) >= 11 is 6.16. The number of amides is 1. The quantitative estimate of drug-likeness (QED) is 0.360. The number of carbonyl (C=O) groups is 1. The van der Waals surface area contributed by atoms with Crippen LogP contribution in [0.15, 0.2) is 66.9 Å². The molecule has 9 heteroatoms. The first-order valence-electron chi connectivity index (χ1n) is 11.0. The number of carbonyl (C=O) groups excluding carboxylic acids is 1. The highest BCUT2D eigenvalue weighted by molar-refractivity contribution is 6.32. The first kappa shape index (κ1) is 22.3. The third-order valence-electron chi connectivity index (χ3n) is 5.75. The molecule has 5 rings (SSSR count). The lowest BCUT2D eigenvalue weighted by Gasteiger charge is -2.08. The zero-order valence-corrected chi connectivity index (χ0v) is 18.9. The van der Waals surface area contributed by atoms with Gasteiger partial charge in [-0.1, -0.05) is 60.1 Å². The number of nitrogens with zero attached hydrogens (tertiary/aromatic N) is 4. The Morgan fingerprint density at radius 2 is 1.74 bits per heavy atom. The second-order valence-electron chi connectivity index (χ2n) is 8.24. The van der Waals surface area contributed by atoms with E-state index >= 15 is 0 Å². The van der Waals surface area contributed by atoms with Crippen LogP contribution in [0.4, 0.5) is 8.78 Å². The molecule has 2 heterocycles. The van der Waals surface area contributed by atoms with Crippen molar-refractivity contribution in [1.29, 1.82) is 0 Å². The van der Waals surface area contributed by atoms with Gasteiger partial charge in [0.1, 0.15) is 12.2 Å². The van der Waals surface area contributed by atoms with Crippen LogP contribution in [0, 0.1) is 0 Å². The lowest BCUT2D eigenvalue weighted by Crippen LogP contribution is -2.28. The van der Waals surface area contributed by atoms with Gasteiger partial charge in [0.15, 0.2) is 0 Å². The molecule has 174 valence electrons. The van der Waals surface area contributed by atoms with Gasteiger partial charge in [0.25, 0.3) is 6.43 Å². The Hall–Kier alpha value is -3.52. The fraction of sp³-hybridized carbons (Fsp3) is 0.240. The molecule has 2 aromatic heterocycles. The van der Waals surface area contributed by atoms with Gasteiger partial charge >= 0.3 is 0 Å². The normalized spacial score (nSPS) is 13.4. The first-order chi connectivity index (χ1) is 16.5. The lowest BCUT2D eigenvalue weighted by molar-refractivity contribution is -0.122. The fourth-order valence-corrected chi connectivity index (χ4v) is 4.33. The average molecular weight is 482 g/mol. The van der Waals surface area contributed by atoms with Gasteiger partial charge < -0.3 is 5.32 Å². The zero-order valence-electron chi connectivity index (χ0n) is 18.2. The number of benzene rings is 2. The van der Waals surface area contributed by atoms with Crippen molar-refractivity contribution in [3.63, 3.8) is 0 Å². The van der Waals surface area contributed by atoms with E-state index in [-0.39, 0.29) is 29.9 Å². The van der Waals surface area contributed by atoms with E-state index in [1.165, 1.54) is 4.68 Å². The fourth-order valence-electron chi connectivity index (χ4n) is 3.96. The maximum atomic E-state index is 13.3. The van der Waals surface area contributed by atoms with E-state index in [0.717, 1.165) is 35.3 Å². The number of hydrogen-bond acceptors (Lipinski definition) is 3. The standard InChI is InChI=1S/C25H22ClF2N5O/c26-21-23(25(27)28)31-33(24(21)17-11-12-17)15-20(34)29-13-18-14-32(19-9-5-2-6-10-19)30-22(18)16-7-3-1-4-8-16/h1-10,14,17,25H,11-13,15H2,(H,29,34). The molecule has 0 bridgehead atoms. The Morgan fingerprint density at radius 1 is 1.06 bits per heavy atom. The monoisotopic (exact) mass is 481 g/mol. The number of nitrogens with one attached hydrogen (secondary N) is 1. The molecule has 0 radical (unpaired) electrons. The summed E-state index contributed by atoms with van der Waals surface area (Å²) in [6.45, 7) is 0.0527. The molecule has 0 unspecified atom stereocenters. The van der Waals surface area contributed by atoms with Crippen LogP contribution >= 0.6 is 11.6 Å². The Bertz CT molecular complexity index is 1300. The van der Waals surface area contributed by atoms with Gasteiger partial charge in [0.2, 0.25) is 5.91 Å². The SMILES string of the molecule is O=C(Cn1nc(C(F)F)c(Cl)c1C1CC1)NCc1cn(-c2ccccc2)nc1-c1ccccc1. The predicted octanol–water partition coefficient (Wildman–Crippen LogP) is 5.52. The summed E-state index contributed by atoms with van der Waals surface area (Å²) in [6, 6.07) is 19.4. The van der Waals surface area contributed by atoms with E-state index in [1.807, 2.05) is 66.9 Å². The van der Waals surface area contributed by atoms with Crippen LogP contribution < -0.4 is 5.32 Å². The number of aromatic nitrogens is 4. The zero-order chi connectivity index (χ0) is 23.7. The number of hydrogen-bond donors (Lipinski definition) is 1. The number of halogens is 3. The smallest absolute Gasteiger partial charge is 0.283 e. The van der Waals surface area contributed by atoms with Crippen LogP contribution in [0.3, 0.4) is 0 Å². The molecule has 0 spiro atoms. The van der Waals surface area contributed by atoms with Crippen molar-refractivity contribution < 1.29 is 13.6 Å². The molecule has 1 saturated carbocycles. The first-order valence-corrected chi connectivity index (χ1v) is 11.4. The molecule has 1 aliphatic rings. The largest absolute Gasteiger partial charge is 0.350 e. The molecule has 0 atom stereocenters. The van der Waals surface area contributed by atoms with Gasteiger partial charge in [0.05, 0.1) is 22.1 Å². The van der Waals surface area contributed by atoms with Gasteiger partial charge in [-0.05, 0) is 25.0 Å². The highest BCUT2D eigenvalue weighted by Gasteiger charge is 2.34. The van der Waals surface area contributed by atoms with Crippen LogP contribution in [0.5, 0.6) is 0 Å². The molecular formula is C25H22ClF2N5O. The topological polar surface area (TPSA) is 64.7 Å². The van der Waals surface area contributed by atoms with Gasteiger partial charge in [-0.25, -0.2) is 13.5 Å². The van der Waals surface area contributed by atoms with Crippen molar-refractivity contribution in [3.05, 3.63) is 88.8 Å². The van der Waals surface area contributed by atoms with Crippen LogP contribution in [0.1, 0.15) is 42.1 Å². The minimum absolute atomic E-state index is 0.0270. The molecule has 1 N–H and O–H groups in total. The highest BCUT2D eigenvalue weighted by Crippen LogP contribution is 2.45. The van der Waals surface area contributed by atoms with Crippen molar-refractivity contribution in [2.75, 3.05) is 0 Å². The number of alkyl halides is 2. The average Bonchev–Trinajstić information content (AvgIpc) is 3.50. The number of rotatable bonds is 8. The maximum absolute atomic E-state index is 13.3. The van der Waals surface area contributed by atoms with Crippen LogP contribution in [-0.4, -0.2) is 25.5 Å². The van der Waals surface area contributed by atoms with E-state index in [4.69, 9.17) is 16.7 Å². The van der Waals surface area contributed by atoms with Crippen molar-refractivity contribution in [2.45, 2.75) is 38.3 Å². The summed E-state index contributed by atoms with van der Waals surface area (Å²) in [7, 11) is 0. The van der Waals surface area contributed by atoms with Crippen molar-refractivity contribution in [1.82, 2.24) is 24.9 Å². The van der Waals surface area contributed by atoms with Crippen molar-refractivity contribution >= 4 is 17.5 Å². The highest BCUT2D eigenvalue weighted by atomic mass is 35.5. The molecular weight excluding hydrogens is 460 g/mol. The second kappa shape index (κ2) is 9.38. The van der Waals surface area contributed by atoms with Gasteiger partial charge in [-0.15, -0.1) is 0 Å². The lowest BCUT2D eigenvalue weighted by atomic mass is 10.1. The molecule has 1 amide bonds. The second-order valence-corrected chi connectivity index (χ2v) is 8.62. The summed E-state index contributed by atoms with van der Waals surface area (Å²) in [5.41, 5.74) is 3.47. The molecule has 0 saturated heterocycles. The van der Waals surface area contributed by atoms with Gasteiger partial charge in [0, 0.05) is 29.8 Å². The molecule has 4 aromatic rings. The van der Waals surface area contributed by atoms with Crippen molar-refractivity contribution in [3.8, 4) is 16.9 Å². The van der Waals surface area contributed by atoms with Crippen LogP contribution in [-0.2, 0) is 17.9 Å². The van der Waals surface area contributed by atoms with E-state index in [2.05, 4.69) is 10.4 Å². The summed E-state index contributed by atoms with van der Waals surface area (Å²) in [6.07, 6.45) is 0.809. The summed E-state index contributed by atoms with van der Waals surface area (Å²) in [5, 5.41) is 11.5. The third-order valence-corrected chi connectivity index (χ3v) is 6.14. The molecule has 0 aliphatic heterocycles. The molecule has 1 fully saturated rings. The van der Waals surface area contributed by atoms with Crippen molar-refractivity contribution in [2.24, 2.45) is 0 Å². The molecule has 6 nitrogen and oxygen atoms in total. The van der Waals surface area contributed by atoms with E-state index in [9.17, 15) is 13.6 Å². The van der Waals surface area contributed by atoms with Crippen LogP contribution in [0.25, 0.3) is 16.9 Å². The van der Waals surface area contributed by atoms with E-state index in [0.29, 0.717) is 5.69 Å². The minimum Gasteiger partial charge on any atom is -0.350 e. The third kappa shape index (κ3) is 4.59. The van der Waals surface area contributed by atoms with Gasteiger partial charge in [-0.3, -0.25) is 9.48 Å². The van der Waals surface area contributed by atoms with Gasteiger partial charge in [-0.2, -0.15) is 10.2 Å². The summed E-state index contributed by atoms with van der Waals surface area (Å²) in [5.74, 6) is -0.262. The number of para-hydroxylation sites is 1. The summed E-state index contributed by atoms with van der Waals surface area (Å²) in [4.78, 5) is 12.8. The maximum Gasteiger partial charge on any atom is 0.283 e. The Kier molecular flexibility index (Phi) is 6.15. The molecule has 2 aromatic carbocycles. The van der Waals surface area contributed by atoms with E-state index < -0.39 is 12.1 Å². The Labute approximate surface area is 200 Å². The molecule has 34 heavy (non-hydrogen) atoms. The molecule has 1 aliphatic carbocycles. The van der Waals surface area contributed by atoms with E-state index in [1.54, 1.807) is 4.68 Å². The Balaban J connectivity index is 1.37. The summed E-state index contributed by atoms with van der Waals surface area (Å²) < 4.78 is 29.7. The predicted molar refractivity (Wildman–Crippen MR) is 125 cm³/mol. The minimum atomic E-state index is -2.79. The van der Waals surface area contributed by atoms with Crippen LogP contribution in [0.2, 0.25) is 5.02 Å². The Morgan fingerprint density at radius 3 is 2.38 bits per heavy atom.